The van der Waals surface area contributed by atoms with Crippen LogP contribution in [0.25, 0.3) is 10.9 Å². The fourth-order valence-electron chi connectivity index (χ4n) is 4.09. The molecular formula is C20H27N3O3. The minimum Gasteiger partial charge on any atom is -0.378 e. The monoisotopic (exact) mass is 357 g/mol. The standard InChI is InChI=1S/C20H27N3O3/c1-13-10-23(11-20(26-13)6-7-25-12-20)19(24)21-9-16-4-5-18-17(8-16)14(2)15(3)22-18/h4-5,8,13,22H,6-7,9-12H2,1-3H3,(H,21,24). The first-order valence-electron chi connectivity index (χ1n) is 9.32. The van der Waals surface area contributed by atoms with Gasteiger partial charge < -0.3 is 24.7 Å². The lowest BCUT2D eigenvalue weighted by molar-refractivity contribution is -0.137. The molecule has 1 spiro atoms. The average molecular weight is 357 g/mol. The maximum absolute atomic E-state index is 12.7. The van der Waals surface area contributed by atoms with Gasteiger partial charge in [-0.1, -0.05) is 6.07 Å². The largest absolute Gasteiger partial charge is 0.378 e. The number of aromatic nitrogens is 1. The summed E-state index contributed by atoms with van der Waals surface area (Å²) in [5, 5.41) is 4.29. The molecule has 6 nitrogen and oxygen atoms in total. The number of nitrogens with zero attached hydrogens (tertiary/aromatic N) is 1. The lowest BCUT2D eigenvalue weighted by atomic mass is 9.99. The van der Waals surface area contributed by atoms with Crippen molar-refractivity contribution in [2.75, 3.05) is 26.3 Å². The van der Waals surface area contributed by atoms with Crippen LogP contribution in [0.1, 0.15) is 30.2 Å². The van der Waals surface area contributed by atoms with Crippen LogP contribution < -0.4 is 5.32 Å². The summed E-state index contributed by atoms with van der Waals surface area (Å²) in [4.78, 5) is 18.0. The van der Waals surface area contributed by atoms with Crippen LogP contribution in [0.2, 0.25) is 0 Å². The number of carbonyl (C=O) groups excluding carboxylic acids is 1. The number of rotatable bonds is 2. The number of aromatic amines is 1. The van der Waals surface area contributed by atoms with E-state index in [9.17, 15) is 4.79 Å². The zero-order valence-corrected chi connectivity index (χ0v) is 15.7. The number of fused-ring (bicyclic) bond motifs is 1. The van der Waals surface area contributed by atoms with Gasteiger partial charge in [-0.2, -0.15) is 0 Å². The first-order chi connectivity index (χ1) is 12.5. The van der Waals surface area contributed by atoms with E-state index in [1.807, 2.05) is 11.8 Å². The second kappa shape index (κ2) is 6.59. The van der Waals surface area contributed by atoms with Gasteiger partial charge in [-0.25, -0.2) is 4.79 Å². The Morgan fingerprint density at radius 2 is 2.27 bits per heavy atom. The molecular weight excluding hydrogens is 330 g/mol. The predicted octanol–water partition coefficient (Wildman–Crippen LogP) is 2.87. The van der Waals surface area contributed by atoms with Gasteiger partial charge in [-0.05, 0) is 44.0 Å². The van der Waals surface area contributed by atoms with Crippen LogP contribution in [0, 0.1) is 13.8 Å². The summed E-state index contributed by atoms with van der Waals surface area (Å²) >= 11 is 0. The zero-order chi connectivity index (χ0) is 18.3. The Morgan fingerprint density at radius 1 is 1.42 bits per heavy atom. The van der Waals surface area contributed by atoms with E-state index in [0.717, 1.165) is 17.5 Å². The maximum atomic E-state index is 12.7. The van der Waals surface area contributed by atoms with Crippen LogP contribution in [-0.4, -0.2) is 53.9 Å². The molecule has 2 saturated heterocycles. The van der Waals surface area contributed by atoms with Gasteiger partial charge in [0.25, 0.3) is 0 Å². The van der Waals surface area contributed by atoms with E-state index in [1.54, 1.807) is 0 Å². The maximum Gasteiger partial charge on any atom is 0.317 e. The van der Waals surface area contributed by atoms with Gasteiger partial charge in [-0.15, -0.1) is 0 Å². The minimum atomic E-state index is -0.326. The number of nitrogens with one attached hydrogen (secondary N) is 2. The Hall–Kier alpha value is -2.05. The number of ether oxygens (including phenoxy) is 2. The highest BCUT2D eigenvalue weighted by Gasteiger charge is 2.43. The Balaban J connectivity index is 1.42. The van der Waals surface area contributed by atoms with Crippen LogP contribution in [0.4, 0.5) is 4.79 Å². The summed E-state index contributed by atoms with van der Waals surface area (Å²) in [6, 6.07) is 6.27. The Labute approximate surface area is 153 Å². The smallest absolute Gasteiger partial charge is 0.317 e. The van der Waals surface area contributed by atoms with E-state index in [1.165, 1.54) is 16.6 Å². The highest BCUT2D eigenvalue weighted by atomic mass is 16.6. The van der Waals surface area contributed by atoms with Crippen molar-refractivity contribution < 1.29 is 14.3 Å². The zero-order valence-electron chi connectivity index (χ0n) is 15.7. The van der Waals surface area contributed by atoms with E-state index in [-0.39, 0.29) is 17.7 Å². The molecule has 2 fully saturated rings. The van der Waals surface area contributed by atoms with Gasteiger partial charge in [0.05, 0.1) is 19.3 Å². The number of benzene rings is 1. The van der Waals surface area contributed by atoms with Crippen LogP contribution in [0.3, 0.4) is 0 Å². The number of urea groups is 1. The van der Waals surface area contributed by atoms with E-state index < -0.39 is 0 Å². The van der Waals surface area contributed by atoms with Crippen molar-refractivity contribution in [3.05, 3.63) is 35.0 Å². The Kier molecular flexibility index (Phi) is 4.40. The first kappa shape index (κ1) is 17.4. The van der Waals surface area contributed by atoms with Gasteiger partial charge >= 0.3 is 6.03 Å². The predicted molar refractivity (Wildman–Crippen MR) is 100 cm³/mol. The van der Waals surface area contributed by atoms with Gasteiger partial charge in [-0.3, -0.25) is 0 Å². The molecule has 1 aromatic carbocycles. The van der Waals surface area contributed by atoms with Crippen molar-refractivity contribution in [3.8, 4) is 0 Å². The van der Waals surface area contributed by atoms with Crippen molar-refractivity contribution >= 4 is 16.9 Å². The van der Waals surface area contributed by atoms with Crippen molar-refractivity contribution in [1.82, 2.24) is 15.2 Å². The summed E-state index contributed by atoms with van der Waals surface area (Å²) in [6.45, 7) is 9.23. The van der Waals surface area contributed by atoms with E-state index in [0.29, 0.717) is 32.8 Å². The van der Waals surface area contributed by atoms with Gasteiger partial charge in [0.15, 0.2) is 0 Å². The lowest BCUT2D eigenvalue weighted by Crippen LogP contribution is -2.58. The summed E-state index contributed by atoms with van der Waals surface area (Å²) in [5.74, 6) is 0. The molecule has 4 rings (SSSR count). The molecule has 140 valence electrons. The number of amides is 2. The third-order valence-corrected chi connectivity index (χ3v) is 5.58. The molecule has 2 N–H and O–H groups in total. The number of hydrogen-bond acceptors (Lipinski definition) is 3. The molecule has 2 aromatic rings. The molecule has 3 heterocycles. The van der Waals surface area contributed by atoms with Crippen molar-refractivity contribution in [3.63, 3.8) is 0 Å². The lowest BCUT2D eigenvalue weighted by Gasteiger charge is -2.42. The molecule has 0 aliphatic carbocycles. The summed E-state index contributed by atoms with van der Waals surface area (Å²) in [5.41, 5.74) is 4.37. The summed E-state index contributed by atoms with van der Waals surface area (Å²) in [6.07, 6.45) is 0.877. The second-order valence-corrected chi connectivity index (χ2v) is 7.71. The van der Waals surface area contributed by atoms with Crippen molar-refractivity contribution in [1.29, 1.82) is 0 Å². The number of hydrogen-bond donors (Lipinski definition) is 2. The highest BCUT2D eigenvalue weighted by molar-refractivity contribution is 5.85. The SMILES string of the molecule is Cc1[nH]c2ccc(CNC(=O)N3CC(C)OC4(CCOC4)C3)cc2c1C. The van der Waals surface area contributed by atoms with E-state index >= 15 is 0 Å². The molecule has 0 radical (unpaired) electrons. The van der Waals surface area contributed by atoms with E-state index in [2.05, 4.69) is 42.3 Å². The van der Waals surface area contributed by atoms with Crippen LogP contribution in [-0.2, 0) is 16.0 Å². The molecule has 2 unspecified atom stereocenters. The Bertz CT molecular complexity index is 823. The second-order valence-electron chi connectivity index (χ2n) is 7.71. The molecule has 26 heavy (non-hydrogen) atoms. The number of morpholine rings is 1. The number of H-pyrrole nitrogens is 1. The topological polar surface area (TPSA) is 66.6 Å². The highest BCUT2D eigenvalue weighted by Crippen LogP contribution is 2.30. The fraction of sp³-hybridized carbons (Fsp3) is 0.550. The third-order valence-electron chi connectivity index (χ3n) is 5.58. The molecule has 2 atom stereocenters. The normalized spacial score (nSPS) is 26.0. The molecule has 2 aliphatic rings. The van der Waals surface area contributed by atoms with Crippen LogP contribution in [0.15, 0.2) is 18.2 Å². The average Bonchev–Trinajstić information content (AvgIpc) is 3.17. The molecule has 0 bridgehead atoms. The van der Waals surface area contributed by atoms with Crippen LogP contribution in [0.5, 0.6) is 0 Å². The third kappa shape index (κ3) is 3.19. The van der Waals surface area contributed by atoms with E-state index in [4.69, 9.17) is 9.47 Å². The molecule has 2 amide bonds. The van der Waals surface area contributed by atoms with Gasteiger partial charge in [0.1, 0.15) is 5.60 Å². The number of carbonyl (C=O) groups is 1. The minimum absolute atomic E-state index is 0.0260. The number of aryl methyl sites for hydroxylation is 2. The molecule has 6 heteroatoms. The van der Waals surface area contributed by atoms with Crippen molar-refractivity contribution in [2.45, 2.75) is 45.4 Å². The van der Waals surface area contributed by atoms with Crippen molar-refractivity contribution in [2.24, 2.45) is 0 Å². The van der Waals surface area contributed by atoms with Gasteiger partial charge in [0.2, 0.25) is 0 Å². The van der Waals surface area contributed by atoms with Crippen LogP contribution >= 0.6 is 0 Å². The molecule has 1 aromatic heterocycles. The van der Waals surface area contributed by atoms with Gasteiger partial charge in [0, 0.05) is 42.7 Å². The first-order valence-corrected chi connectivity index (χ1v) is 9.32. The Morgan fingerprint density at radius 3 is 3.04 bits per heavy atom. The fourth-order valence-corrected chi connectivity index (χ4v) is 4.09. The summed E-state index contributed by atoms with van der Waals surface area (Å²) in [7, 11) is 0. The molecule has 2 aliphatic heterocycles. The molecule has 0 saturated carbocycles. The quantitative estimate of drug-likeness (QED) is 0.868. The summed E-state index contributed by atoms with van der Waals surface area (Å²) < 4.78 is 11.6.